The predicted molar refractivity (Wildman–Crippen MR) is 58.1 cm³/mol. The number of nitrogens with zero attached hydrogens (tertiary/aromatic N) is 1. The number of anilines is 1. The molecule has 0 atom stereocenters. The highest BCUT2D eigenvalue weighted by atomic mass is 35.5. The summed E-state index contributed by atoms with van der Waals surface area (Å²) in [7, 11) is 0. The summed E-state index contributed by atoms with van der Waals surface area (Å²) in [6.07, 6.45) is 1.33. The van der Waals surface area contributed by atoms with Gasteiger partial charge in [-0.3, -0.25) is 4.98 Å². The number of carboxylic acid groups (broad SMARTS) is 1. The van der Waals surface area contributed by atoms with E-state index in [0.29, 0.717) is 15.9 Å². The quantitative estimate of drug-likeness (QED) is 0.775. The van der Waals surface area contributed by atoms with Gasteiger partial charge in [-0.05, 0) is 18.2 Å². The van der Waals surface area contributed by atoms with Crippen molar-refractivity contribution in [2.24, 2.45) is 0 Å². The van der Waals surface area contributed by atoms with E-state index >= 15 is 0 Å². The third-order valence-electron chi connectivity index (χ3n) is 2.07. The number of aromatic nitrogens is 1. The second-order valence-electron chi connectivity index (χ2n) is 3.06. The van der Waals surface area contributed by atoms with Gasteiger partial charge in [0, 0.05) is 10.4 Å². The minimum absolute atomic E-state index is 0.0440. The summed E-state index contributed by atoms with van der Waals surface area (Å²) in [5.41, 5.74) is 6.29. The number of nitrogens with two attached hydrogens (primary N) is 1. The molecular formula is C10H7ClN2O2. The second kappa shape index (κ2) is 3.40. The monoisotopic (exact) mass is 222 g/mol. The molecular weight excluding hydrogens is 216 g/mol. The first-order chi connectivity index (χ1) is 7.09. The first-order valence-corrected chi connectivity index (χ1v) is 4.54. The molecule has 15 heavy (non-hydrogen) atoms. The van der Waals surface area contributed by atoms with Crippen LogP contribution in [0.3, 0.4) is 0 Å². The van der Waals surface area contributed by atoms with E-state index in [1.807, 2.05) is 0 Å². The molecule has 0 amide bonds. The van der Waals surface area contributed by atoms with Crippen molar-refractivity contribution in [3.05, 3.63) is 35.0 Å². The van der Waals surface area contributed by atoms with E-state index in [1.54, 1.807) is 18.2 Å². The van der Waals surface area contributed by atoms with Gasteiger partial charge in [-0.2, -0.15) is 0 Å². The Morgan fingerprint density at radius 1 is 1.47 bits per heavy atom. The Labute approximate surface area is 90.3 Å². The summed E-state index contributed by atoms with van der Waals surface area (Å²) in [4.78, 5) is 15.0. The zero-order valence-electron chi connectivity index (χ0n) is 7.57. The highest BCUT2D eigenvalue weighted by molar-refractivity contribution is 6.31. The Morgan fingerprint density at radius 3 is 2.87 bits per heavy atom. The van der Waals surface area contributed by atoms with Crippen LogP contribution in [-0.2, 0) is 0 Å². The van der Waals surface area contributed by atoms with Gasteiger partial charge in [0.2, 0.25) is 0 Å². The topological polar surface area (TPSA) is 76.2 Å². The van der Waals surface area contributed by atoms with Gasteiger partial charge >= 0.3 is 5.97 Å². The van der Waals surface area contributed by atoms with Crippen molar-refractivity contribution in [2.45, 2.75) is 0 Å². The van der Waals surface area contributed by atoms with Gasteiger partial charge in [-0.1, -0.05) is 11.6 Å². The molecule has 0 aliphatic rings. The van der Waals surface area contributed by atoms with Crippen LogP contribution in [0.15, 0.2) is 24.4 Å². The first kappa shape index (κ1) is 9.73. The van der Waals surface area contributed by atoms with Gasteiger partial charge in [0.05, 0.1) is 23.0 Å². The SMILES string of the molecule is Nc1cnc2ccc(Cl)cc2c1C(=O)O. The lowest BCUT2D eigenvalue weighted by Crippen LogP contribution is -2.04. The van der Waals surface area contributed by atoms with Crippen LogP contribution in [0.1, 0.15) is 10.4 Å². The molecule has 1 heterocycles. The van der Waals surface area contributed by atoms with E-state index in [-0.39, 0.29) is 11.3 Å². The molecule has 4 nitrogen and oxygen atoms in total. The number of hydrogen-bond acceptors (Lipinski definition) is 3. The molecule has 3 N–H and O–H groups in total. The summed E-state index contributed by atoms with van der Waals surface area (Å²) in [5, 5.41) is 9.91. The van der Waals surface area contributed by atoms with E-state index in [0.717, 1.165) is 0 Å². The maximum atomic E-state index is 11.0. The second-order valence-corrected chi connectivity index (χ2v) is 3.49. The van der Waals surface area contributed by atoms with Crippen LogP contribution in [0.2, 0.25) is 5.02 Å². The number of rotatable bonds is 1. The van der Waals surface area contributed by atoms with Crippen molar-refractivity contribution in [1.29, 1.82) is 0 Å². The van der Waals surface area contributed by atoms with Crippen molar-refractivity contribution in [1.82, 2.24) is 4.98 Å². The zero-order chi connectivity index (χ0) is 11.0. The van der Waals surface area contributed by atoms with E-state index in [2.05, 4.69) is 4.98 Å². The van der Waals surface area contributed by atoms with Crippen LogP contribution in [0.25, 0.3) is 10.9 Å². The fourth-order valence-corrected chi connectivity index (χ4v) is 1.59. The van der Waals surface area contributed by atoms with Gasteiger partial charge in [0.25, 0.3) is 0 Å². The molecule has 1 aromatic heterocycles. The number of hydrogen-bond donors (Lipinski definition) is 2. The number of carboxylic acids is 1. The van der Waals surface area contributed by atoms with Gasteiger partial charge in [0.1, 0.15) is 0 Å². The van der Waals surface area contributed by atoms with Crippen LogP contribution in [-0.4, -0.2) is 16.1 Å². The molecule has 0 saturated carbocycles. The summed E-state index contributed by atoms with van der Waals surface area (Å²) in [6.45, 7) is 0. The van der Waals surface area contributed by atoms with E-state index < -0.39 is 5.97 Å². The maximum Gasteiger partial charge on any atom is 0.338 e. The maximum absolute atomic E-state index is 11.0. The normalized spacial score (nSPS) is 10.5. The molecule has 76 valence electrons. The zero-order valence-corrected chi connectivity index (χ0v) is 8.32. The molecule has 5 heteroatoms. The van der Waals surface area contributed by atoms with E-state index in [1.165, 1.54) is 6.20 Å². The molecule has 2 aromatic rings. The average Bonchev–Trinajstić information content (AvgIpc) is 2.16. The predicted octanol–water partition coefficient (Wildman–Crippen LogP) is 2.17. The molecule has 1 aromatic carbocycles. The first-order valence-electron chi connectivity index (χ1n) is 4.16. The molecule has 0 aliphatic heterocycles. The Hall–Kier alpha value is -1.81. The average molecular weight is 223 g/mol. The van der Waals surface area contributed by atoms with Crippen molar-refractivity contribution in [2.75, 3.05) is 5.73 Å². The molecule has 0 spiro atoms. The lowest BCUT2D eigenvalue weighted by molar-refractivity contribution is 0.0700. The van der Waals surface area contributed by atoms with E-state index in [9.17, 15) is 4.79 Å². The third kappa shape index (κ3) is 1.59. The standard InChI is InChI=1S/C10H7ClN2O2/c11-5-1-2-8-6(3-5)9(10(14)15)7(12)4-13-8/h1-4H,12H2,(H,14,15). The molecule has 0 saturated heterocycles. The number of fused-ring (bicyclic) bond motifs is 1. The molecule has 0 bridgehead atoms. The number of benzene rings is 1. The van der Waals surface area contributed by atoms with Crippen LogP contribution in [0, 0.1) is 0 Å². The Bertz CT molecular complexity index is 549. The Morgan fingerprint density at radius 2 is 2.20 bits per heavy atom. The number of pyridine rings is 1. The number of halogens is 1. The fourth-order valence-electron chi connectivity index (χ4n) is 1.42. The van der Waals surface area contributed by atoms with Crippen LogP contribution in [0.5, 0.6) is 0 Å². The highest BCUT2D eigenvalue weighted by Gasteiger charge is 2.13. The summed E-state index contributed by atoms with van der Waals surface area (Å²) < 4.78 is 0. The van der Waals surface area contributed by atoms with Gasteiger partial charge in [0.15, 0.2) is 0 Å². The fraction of sp³-hybridized carbons (Fsp3) is 0. The molecule has 0 fully saturated rings. The molecule has 2 rings (SSSR count). The smallest absolute Gasteiger partial charge is 0.338 e. The molecule has 0 radical (unpaired) electrons. The van der Waals surface area contributed by atoms with E-state index in [4.69, 9.17) is 22.4 Å². The summed E-state index contributed by atoms with van der Waals surface area (Å²) in [6, 6.07) is 4.85. The summed E-state index contributed by atoms with van der Waals surface area (Å²) >= 11 is 5.79. The lowest BCUT2D eigenvalue weighted by atomic mass is 10.1. The van der Waals surface area contributed by atoms with Crippen LogP contribution < -0.4 is 5.73 Å². The van der Waals surface area contributed by atoms with Crippen LogP contribution >= 0.6 is 11.6 Å². The number of aromatic carboxylic acids is 1. The Balaban J connectivity index is 2.90. The Kier molecular flexibility index (Phi) is 2.21. The number of carbonyl (C=O) groups is 1. The molecule has 0 aliphatic carbocycles. The third-order valence-corrected chi connectivity index (χ3v) is 2.31. The largest absolute Gasteiger partial charge is 0.478 e. The van der Waals surface area contributed by atoms with Crippen molar-refractivity contribution >= 4 is 34.2 Å². The van der Waals surface area contributed by atoms with Crippen molar-refractivity contribution in [3.8, 4) is 0 Å². The minimum atomic E-state index is -1.08. The van der Waals surface area contributed by atoms with Crippen LogP contribution in [0.4, 0.5) is 5.69 Å². The van der Waals surface area contributed by atoms with Gasteiger partial charge < -0.3 is 10.8 Å². The molecule has 0 unspecified atom stereocenters. The van der Waals surface area contributed by atoms with Crippen molar-refractivity contribution < 1.29 is 9.90 Å². The summed E-state index contributed by atoms with van der Waals surface area (Å²) in [5.74, 6) is -1.08. The number of nitrogen functional groups attached to an aromatic ring is 1. The van der Waals surface area contributed by atoms with Gasteiger partial charge in [-0.25, -0.2) is 4.79 Å². The van der Waals surface area contributed by atoms with Gasteiger partial charge in [-0.15, -0.1) is 0 Å². The van der Waals surface area contributed by atoms with Crippen molar-refractivity contribution in [3.63, 3.8) is 0 Å². The highest BCUT2D eigenvalue weighted by Crippen LogP contribution is 2.25. The lowest BCUT2D eigenvalue weighted by Gasteiger charge is -2.05. The minimum Gasteiger partial charge on any atom is -0.478 e.